The monoisotopic (exact) mass is 555 g/mol. The molecule has 0 aromatic heterocycles. The Kier molecular flexibility index (Phi) is 8.96. The Labute approximate surface area is 233 Å². The van der Waals surface area contributed by atoms with Gasteiger partial charge in [0.2, 0.25) is 0 Å². The molecule has 0 saturated carbocycles. The quantitative estimate of drug-likeness (QED) is 0.433. The molecule has 214 valence electrons. The molecular formula is C30H36F3N5O2. The van der Waals surface area contributed by atoms with Crippen molar-refractivity contribution < 1.29 is 22.7 Å². The summed E-state index contributed by atoms with van der Waals surface area (Å²) in [5, 5.41) is 3.02. The van der Waals surface area contributed by atoms with Gasteiger partial charge in [-0.15, -0.1) is 13.2 Å². The number of carbonyl (C=O) groups is 1. The fourth-order valence-electron chi connectivity index (χ4n) is 4.80. The van der Waals surface area contributed by atoms with Gasteiger partial charge in [0.1, 0.15) is 11.4 Å². The second-order valence-corrected chi connectivity index (χ2v) is 9.97. The van der Waals surface area contributed by atoms with E-state index in [0.29, 0.717) is 24.4 Å². The number of piperazine rings is 1. The minimum absolute atomic E-state index is 0.0251. The van der Waals surface area contributed by atoms with Crippen molar-refractivity contribution in [3.05, 3.63) is 89.4 Å². The molecule has 2 heterocycles. The molecule has 7 nitrogen and oxygen atoms in total. The molecule has 3 N–H and O–H groups in total. The Hall–Kier alpha value is -4.08. The van der Waals surface area contributed by atoms with E-state index in [1.54, 1.807) is 12.1 Å². The Bertz CT molecular complexity index is 1260. The number of allylic oxidation sites excluding steroid dienone is 3. The highest BCUT2D eigenvalue weighted by molar-refractivity contribution is 5.93. The van der Waals surface area contributed by atoms with E-state index in [-0.39, 0.29) is 17.7 Å². The third kappa shape index (κ3) is 7.31. The molecule has 1 fully saturated rings. The lowest BCUT2D eigenvalue weighted by molar-refractivity contribution is -0.274. The van der Waals surface area contributed by atoms with Crippen LogP contribution in [-0.4, -0.2) is 49.4 Å². The molecule has 1 unspecified atom stereocenters. The topological polar surface area (TPSA) is 74.1 Å². The van der Waals surface area contributed by atoms with Crippen molar-refractivity contribution in [3.8, 4) is 5.75 Å². The maximum absolute atomic E-state index is 13.2. The average Bonchev–Trinajstić information content (AvgIpc) is 2.94. The van der Waals surface area contributed by atoms with Gasteiger partial charge in [-0.2, -0.15) is 0 Å². The summed E-state index contributed by atoms with van der Waals surface area (Å²) in [5.41, 5.74) is 11.3. The summed E-state index contributed by atoms with van der Waals surface area (Å²) in [4.78, 5) is 19.5. The molecule has 2 aliphatic rings. The molecule has 2 aromatic rings. The fourth-order valence-corrected chi connectivity index (χ4v) is 4.80. The molecule has 0 spiro atoms. The molecule has 40 heavy (non-hydrogen) atoms. The van der Waals surface area contributed by atoms with E-state index in [4.69, 9.17) is 5.73 Å². The van der Waals surface area contributed by atoms with Crippen molar-refractivity contribution in [1.29, 1.82) is 0 Å². The maximum atomic E-state index is 13.2. The molecule has 1 amide bonds. The second kappa shape index (κ2) is 12.4. The first-order chi connectivity index (χ1) is 19.0. The van der Waals surface area contributed by atoms with E-state index < -0.39 is 6.36 Å². The van der Waals surface area contributed by atoms with E-state index in [1.165, 1.54) is 12.1 Å². The van der Waals surface area contributed by atoms with Crippen molar-refractivity contribution in [1.82, 2.24) is 10.2 Å². The number of halogens is 3. The van der Waals surface area contributed by atoms with Gasteiger partial charge in [-0.1, -0.05) is 31.2 Å². The highest BCUT2D eigenvalue weighted by atomic mass is 19.4. The molecule has 10 heteroatoms. The largest absolute Gasteiger partial charge is 0.573 e. The number of nitrogens with one attached hydrogen (secondary N) is 1. The number of carbonyl (C=O) groups excluding carboxylic acids is 1. The van der Waals surface area contributed by atoms with Crippen molar-refractivity contribution >= 4 is 17.3 Å². The lowest BCUT2D eigenvalue weighted by atomic mass is 10.1. The molecule has 4 rings (SSSR count). The van der Waals surface area contributed by atoms with Crippen LogP contribution in [0.2, 0.25) is 0 Å². The van der Waals surface area contributed by atoms with Gasteiger partial charge in [0.25, 0.3) is 5.91 Å². The number of hydrogen-bond acceptors (Lipinski definition) is 6. The highest BCUT2D eigenvalue weighted by Gasteiger charge is 2.31. The third-order valence-corrected chi connectivity index (χ3v) is 7.05. The van der Waals surface area contributed by atoms with E-state index in [0.717, 1.165) is 48.7 Å². The van der Waals surface area contributed by atoms with Crippen LogP contribution in [0.3, 0.4) is 0 Å². The minimum Gasteiger partial charge on any atom is -0.406 e. The van der Waals surface area contributed by atoms with Crippen molar-refractivity contribution in [3.63, 3.8) is 0 Å². The van der Waals surface area contributed by atoms with Crippen molar-refractivity contribution in [2.45, 2.75) is 46.1 Å². The van der Waals surface area contributed by atoms with Crippen LogP contribution >= 0.6 is 0 Å². The molecule has 1 saturated heterocycles. The summed E-state index contributed by atoms with van der Waals surface area (Å²) in [5.74, 6) is -0.430. The Morgan fingerprint density at radius 3 is 2.08 bits per heavy atom. The molecule has 2 aliphatic heterocycles. The van der Waals surface area contributed by atoms with Crippen molar-refractivity contribution in [2.24, 2.45) is 5.73 Å². The lowest BCUT2D eigenvalue weighted by Crippen LogP contribution is -2.46. The first-order valence-electron chi connectivity index (χ1n) is 13.4. The van der Waals surface area contributed by atoms with Gasteiger partial charge in [-0.25, -0.2) is 0 Å². The zero-order valence-corrected chi connectivity index (χ0v) is 23.0. The first-order valence-corrected chi connectivity index (χ1v) is 13.4. The van der Waals surface area contributed by atoms with Gasteiger partial charge in [0.15, 0.2) is 0 Å². The predicted molar refractivity (Wildman–Crippen MR) is 152 cm³/mol. The van der Waals surface area contributed by atoms with E-state index in [1.807, 2.05) is 68.3 Å². The zero-order valence-electron chi connectivity index (χ0n) is 23.0. The van der Waals surface area contributed by atoms with Crippen LogP contribution in [0.5, 0.6) is 5.75 Å². The third-order valence-electron chi connectivity index (χ3n) is 7.05. The van der Waals surface area contributed by atoms with Crippen LogP contribution < -0.4 is 25.6 Å². The summed E-state index contributed by atoms with van der Waals surface area (Å²) >= 11 is 0. The van der Waals surface area contributed by atoms with E-state index in [9.17, 15) is 18.0 Å². The number of hydrogen-bond donors (Lipinski definition) is 2. The number of benzene rings is 2. The summed E-state index contributed by atoms with van der Waals surface area (Å²) in [6.45, 7) is 9.36. The number of nitrogens with two attached hydrogens (primary N) is 1. The van der Waals surface area contributed by atoms with E-state index in [2.05, 4.69) is 19.9 Å². The number of nitrogens with zero attached hydrogens (tertiary/aromatic N) is 3. The summed E-state index contributed by atoms with van der Waals surface area (Å²) in [7, 11) is 0. The maximum Gasteiger partial charge on any atom is 0.573 e. The van der Waals surface area contributed by atoms with Gasteiger partial charge < -0.3 is 30.5 Å². The molecule has 0 bridgehead atoms. The van der Waals surface area contributed by atoms with Crippen LogP contribution in [0.4, 0.5) is 24.5 Å². The number of anilines is 2. The molecule has 0 radical (unpaired) electrons. The van der Waals surface area contributed by atoms with Crippen molar-refractivity contribution in [2.75, 3.05) is 36.0 Å². The molecule has 2 aromatic carbocycles. The van der Waals surface area contributed by atoms with Crippen LogP contribution in [0.25, 0.3) is 0 Å². The Morgan fingerprint density at radius 2 is 1.55 bits per heavy atom. The van der Waals surface area contributed by atoms with Gasteiger partial charge in [0, 0.05) is 62.0 Å². The van der Waals surface area contributed by atoms with Gasteiger partial charge in [-0.05, 0) is 67.8 Å². The number of rotatable bonds is 8. The second-order valence-electron chi connectivity index (χ2n) is 9.97. The minimum atomic E-state index is -4.70. The lowest BCUT2D eigenvalue weighted by Gasteiger charge is -2.37. The smallest absolute Gasteiger partial charge is 0.406 e. The average molecular weight is 556 g/mol. The number of ether oxygens (including phenoxy) is 1. The Morgan fingerprint density at radius 1 is 1.00 bits per heavy atom. The van der Waals surface area contributed by atoms with Gasteiger partial charge >= 0.3 is 6.36 Å². The normalized spacial score (nSPS) is 18.3. The van der Waals surface area contributed by atoms with Crippen LogP contribution in [0, 0.1) is 0 Å². The van der Waals surface area contributed by atoms with Gasteiger partial charge in [-0.3, -0.25) is 4.79 Å². The first kappa shape index (κ1) is 28.9. The van der Waals surface area contributed by atoms with Crippen LogP contribution in [-0.2, 0) is 11.3 Å². The molecular weight excluding hydrogens is 519 g/mol. The molecule has 1 atom stereocenters. The fraction of sp³-hybridized carbons (Fsp3) is 0.367. The summed E-state index contributed by atoms with van der Waals surface area (Å²) in [6, 6.07) is 14.1. The van der Waals surface area contributed by atoms with Crippen LogP contribution in [0.15, 0.2) is 83.9 Å². The summed E-state index contributed by atoms with van der Waals surface area (Å²) < 4.78 is 41.2. The zero-order chi connectivity index (χ0) is 28.9. The standard InChI is InChI=1S/C30H36F3N5O2/c1-4-27(34)28(38-20-21(2)5-6-22(38)3)29(39)35-19-23-7-9-24(10-8-23)36-15-17-37(18-16-36)25-11-13-26(14-12-25)40-30(31,32)33/h5-14,20,22H,4,15-19,34H2,1-3H3,(H,35,39)/b28-27-. The highest BCUT2D eigenvalue weighted by Crippen LogP contribution is 2.27. The number of alkyl halides is 3. The molecule has 0 aliphatic carbocycles. The van der Waals surface area contributed by atoms with E-state index >= 15 is 0 Å². The SMILES string of the molecule is CC/C(N)=C(\C(=O)NCc1ccc(N2CCN(c3ccc(OC(F)(F)F)cc3)CC2)cc1)N1C=C(C)C=CC1C. The predicted octanol–water partition coefficient (Wildman–Crippen LogP) is 5.27. The van der Waals surface area contributed by atoms with Crippen LogP contribution in [0.1, 0.15) is 32.8 Å². The summed E-state index contributed by atoms with van der Waals surface area (Å²) in [6.07, 6.45) is 1.91. The van der Waals surface area contributed by atoms with Gasteiger partial charge in [0.05, 0.1) is 0 Å². The number of amides is 1. The Balaban J connectivity index is 1.31.